The highest BCUT2D eigenvalue weighted by molar-refractivity contribution is 8.00. The Bertz CT molecular complexity index is 828. The predicted octanol–water partition coefficient (Wildman–Crippen LogP) is 6.46. The average molecular weight is 445 g/mol. The van der Waals surface area contributed by atoms with E-state index in [9.17, 15) is 0 Å². The second-order valence-corrected chi connectivity index (χ2v) is 10.7. The van der Waals surface area contributed by atoms with Crippen molar-refractivity contribution in [1.29, 1.82) is 0 Å². The standard InChI is InChI=1S/C26H40N2O2S/c1-3-4-5-6-7-8-15-28-21-22(24-11-10-23(29-2)19-25(24)28)20-27-14-9-12-26(13-16-27)30-17-18-31-26/h10-11,19,21H,3-9,12-18,20H2,1-2H3. The number of hydrogen-bond acceptors (Lipinski definition) is 4. The van der Waals surface area contributed by atoms with Gasteiger partial charge in [0.2, 0.25) is 0 Å². The highest BCUT2D eigenvalue weighted by atomic mass is 32.2. The number of nitrogens with zero attached hydrogens (tertiary/aromatic N) is 2. The Labute approximate surface area is 192 Å². The smallest absolute Gasteiger partial charge is 0.120 e. The van der Waals surface area contributed by atoms with Gasteiger partial charge in [0, 0.05) is 43.0 Å². The van der Waals surface area contributed by atoms with Gasteiger partial charge < -0.3 is 14.0 Å². The first kappa shape index (κ1) is 23.0. The Kier molecular flexibility index (Phi) is 8.24. The van der Waals surface area contributed by atoms with E-state index in [0.29, 0.717) is 0 Å². The second kappa shape index (κ2) is 11.1. The first-order valence-electron chi connectivity index (χ1n) is 12.4. The lowest BCUT2D eigenvalue weighted by atomic mass is 10.1. The molecule has 172 valence electrons. The van der Waals surface area contributed by atoms with E-state index in [2.05, 4.69) is 40.8 Å². The highest BCUT2D eigenvalue weighted by Gasteiger charge is 2.37. The van der Waals surface area contributed by atoms with Crippen molar-refractivity contribution >= 4 is 22.7 Å². The lowest BCUT2D eigenvalue weighted by molar-refractivity contribution is 0.0404. The monoisotopic (exact) mass is 444 g/mol. The zero-order valence-corrected chi connectivity index (χ0v) is 20.4. The van der Waals surface area contributed by atoms with Crippen LogP contribution in [-0.2, 0) is 17.8 Å². The quantitative estimate of drug-likeness (QED) is 0.393. The van der Waals surface area contributed by atoms with Crippen LogP contribution in [0.5, 0.6) is 5.75 Å². The molecule has 4 nitrogen and oxygen atoms in total. The largest absolute Gasteiger partial charge is 0.497 e. The molecule has 0 aliphatic carbocycles. The number of ether oxygens (including phenoxy) is 2. The van der Waals surface area contributed by atoms with Crippen LogP contribution in [0.3, 0.4) is 0 Å². The third-order valence-corrected chi connectivity index (χ3v) is 8.40. The molecule has 1 aromatic heterocycles. The van der Waals surface area contributed by atoms with Crippen molar-refractivity contribution in [2.75, 3.05) is 32.6 Å². The number of benzene rings is 1. The van der Waals surface area contributed by atoms with Crippen molar-refractivity contribution in [1.82, 2.24) is 9.47 Å². The molecule has 1 spiro atoms. The maximum atomic E-state index is 6.16. The van der Waals surface area contributed by atoms with Crippen LogP contribution in [0.25, 0.3) is 10.9 Å². The maximum absolute atomic E-state index is 6.16. The molecule has 2 aliphatic heterocycles. The maximum Gasteiger partial charge on any atom is 0.120 e. The number of aromatic nitrogens is 1. The van der Waals surface area contributed by atoms with Gasteiger partial charge in [0.1, 0.15) is 10.7 Å². The number of likely N-dealkylation sites (tertiary alicyclic amines) is 1. The number of rotatable bonds is 10. The van der Waals surface area contributed by atoms with Crippen LogP contribution in [0.15, 0.2) is 24.4 Å². The summed E-state index contributed by atoms with van der Waals surface area (Å²) < 4.78 is 14.2. The van der Waals surface area contributed by atoms with Crippen LogP contribution in [0.1, 0.15) is 70.3 Å². The van der Waals surface area contributed by atoms with Crippen molar-refractivity contribution in [2.24, 2.45) is 0 Å². The van der Waals surface area contributed by atoms with Gasteiger partial charge in [-0.1, -0.05) is 39.0 Å². The fourth-order valence-corrected chi connectivity index (χ4v) is 6.40. The Morgan fingerprint density at radius 3 is 2.77 bits per heavy atom. The van der Waals surface area contributed by atoms with Gasteiger partial charge in [0.25, 0.3) is 0 Å². The molecule has 1 aromatic carbocycles. The molecule has 0 N–H and O–H groups in total. The molecule has 1 unspecified atom stereocenters. The van der Waals surface area contributed by atoms with Gasteiger partial charge in [0.15, 0.2) is 0 Å². The average Bonchev–Trinajstić information content (AvgIpc) is 3.32. The summed E-state index contributed by atoms with van der Waals surface area (Å²) in [5.41, 5.74) is 2.78. The molecular weight excluding hydrogens is 404 g/mol. The number of unbranched alkanes of at least 4 members (excludes halogenated alkanes) is 5. The highest BCUT2D eigenvalue weighted by Crippen LogP contribution is 2.41. The number of methoxy groups -OCH3 is 1. The van der Waals surface area contributed by atoms with Gasteiger partial charge in [-0.05, 0) is 49.9 Å². The van der Waals surface area contributed by atoms with E-state index < -0.39 is 0 Å². The summed E-state index contributed by atoms with van der Waals surface area (Å²) in [5, 5.41) is 1.39. The minimum absolute atomic E-state index is 0.105. The van der Waals surface area contributed by atoms with Crippen LogP contribution < -0.4 is 4.74 Å². The number of hydrogen-bond donors (Lipinski definition) is 0. The van der Waals surface area contributed by atoms with Crippen molar-refractivity contribution in [3.8, 4) is 5.75 Å². The van der Waals surface area contributed by atoms with Gasteiger partial charge in [-0.2, -0.15) is 0 Å². The summed E-state index contributed by atoms with van der Waals surface area (Å²) in [6, 6.07) is 6.59. The summed E-state index contributed by atoms with van der Waals surface area (Å²) in [6.07, 6.45) is 14.0. The van der Waals surface area contributed by atoms with Crippen LogP contribution in [0, 0.1) is 0 Å². The minimum Gasteiger partial charge on any atom is -0.497 e. The Morgan fingerprint density at radius 2 is 1.97 bits per heavy atom. The molecule has 2 saturated heterocycles. The molecule has 31 heavy (non-hydrogen) atoms. The van der Waals surface area contributed by atoms with Crippen LogP contribution in [0.4, 0.5) is 0 Å². The lowest BCUT2D eigenvalue weighted by Crippen LogP contribution is -2.28. The van der Waals surface area contributed by atoms with Crippen molar-refractivity contribution in [3.05, 3.63) is 30.0 Å². The third-order valence-electron chi connectivity index (χ3n) is 6.97. The fraction of sp³-hybridized carbons (Fsp3) is 0.692. The van der Waals surface area contributed by atoms with Gasteiger partial charge in [-0.3, -0.25) is 4.90 Å². The molecule has 3 heterocycles. The zero-order valence-electron chi connectivity index (χ0n) is 19.5. The van der Waals surface area contributed by atoms with Crippen molar-refractivity contribution in [3.63, 3.8) is 0 Å². The van der Waals surface area contributed by atoms with Gasteiger partial charge in [-0.15, -0.1) is 11.8 Å². The molecule has 2 aromatic rings. The Hall–Kier alpha value is -1.17. The van der Waals surface area contributed by atoms with Gasteiger partial charge in [-0.25, -0.2) is 0 Å². The minimum atomic E-state index is 0.105. The number of thioether (sulfide) groups is 1. The zero-order chi connectivity index (χ0) is 21.5. The van der Waals surface area contributed by atoms with E-state index in [1.54, 1.807) is 7.11 Å². The predicted molar refractivity (Wildman–Crippen MR) is 132 cm³/mol. The summed E-state index contributed by atoms with van der Waals surface area (Å²) in [4.78, 5) is 2.75. The van der Waals surface area contributed by atoms with E-state index in [0.717, 1.165) is 44.2 Å². The molecule has 2 aliphatic rings. The molecular formula is C26H40N2O2S. The molecule has 0 bridgehead atoms. The molecule has 5 heteroatoms. The molecule has 2 fully saturated rings. The first-order valence-corrected chi connectivity index (χ1v) is 13.4. The Morgan fingerprint density at radius 1 is 1.10 bits per heavy atom. The van der Waals surface area contributed by atoms with E-state index in [1.165, 1.54) is 74.4 Å². The Balaban J connectivity index is 1.44. The third kappa shape index (κ3) is 5.80. The summed E-state index contributed by atoms with van der Waals surface area (Å²) in [7, 11) is 1.76. The van der Waals surface area contributed by atoms with Crippen LogP contribution >= 0.6 is 11.8 Å². The second-order valence-electron chi connectivity index (χ2n) is 9.24. The van der Waals surface area contributed by atoms with Crippen LogP contribution in [0.2, 0.25) is 0 Å². The summed E-state index contributed by atoms with van der Waals surface area (Å²) >= 11 is 2.05. The van der Waals surface area contributed by atoms with Crippen molar-refractivity contribution in [2.45, 2.75) is 82.7 Å². The van der Waals surface area contributed by atoms with E-state index in [1.807, 2.05) is 11.8 Å². The lowest BCUT2D eigenvalue weighted by Gasteiger charge is -2.26. The van der Waals surface area contributed by atoms with E-state index in [4.69, 9.17) is 9.47 Å². The van der Waals surface area contributed by atoms with Gasteiger partial charge >= 0.3 is 0 Å². The molecule has 1 atom stereocenters. The van der Waals surface area contributed by atoms with Gasteiger partial charge in [0.05, 0.1) is 19.2 Å². The van der Waals surface area contributed by atoms with E-state index >= 15 is 0 Å². The molecule has 0 amide bonds. The SMILES string of the molecule is CCCCCCCCn1cc(CN2CCCC3(CC2)OCCS3)c2ccc(OC)cc21. The van der Waals surface area contributed by atoms with E-state index in [-0.39, 0.29) is 4.93 Å². The molecule has 4 rings (SSSR count). The van der Waals surface area contributed by atoms with Crippen molar-refractivity contribution < 1.29 is 9.47 Å². The summed E-state index contributed by atoms with van der Waals surface area (Å²) in [6.45, 7) is 7.65. The normalized spacial score (nSPS) is 22.4. The number of aryl methyl sites for hydroxylation is 1. The number of fused-ring (bicyclic) bond motifs is 1. The van der Waals surface area contributed by atoms with Crippen LogP contribution in [-0.4, -0.2) is 47.0 Å². The fourth-order valence-electron chi connectivity index (χ4n) is 5.17. The molecule has 0 radical (unpaired) electrons. The molecule has 0 saturated carbocycles. The summed E-state index contributed by atoms with van der Waals surface area (Å²) in [5.74, 6) is 2.11. The topological polar surface area (TPSA) is 26.6 Å². The first-order chi connectivity index (χ1) is 15.2.